The SMILES string of the molecule is COC(C(=O)N1CCCC(C(=O)O)C1)c1ccccc1. The zero-order valence-electron chi connectivity index (χ0n) is 11.5. The summed E-state index contributed by atoms with van der Waals surface area (Å²) < 4.78 is 5.31. The first-order valence-corrected chi connectivity index (χ1v) is 6.73. The summed E-state index contributed by atoms with van der Waals surface area (Å²) in [5.41, 5.74) is 0.789. The molecule has 0 saturated carbocycles. The van der Waals surface area contributed by atoms with Crippen LogP contribution in [0.2, 0.25) is 0 Å². The van der Waals surface area contributed by atoms with Crippen molar-refractivity contribution in [1.29, 1.82) is 0 Å². The fourth-order valence-corrected chi connectivity index (χ4v) is 2.55. The molecule has 5 nitrogen and oxygen atoms in total. The van der Waals surface area contributed by atoms with E-state index < -0.39 is 18.0 Å². The molecule has 2 atom stereocenters. The predicted octanol–water partition coefficient (Wildman–Crippen LogP) is 1.70. The molecular weight excluding hydrogens is 258 g/mol. The number of carbonyl (C=O) groups excluding carboxylic acids is 1. The molecule has 1 amide bonds. The van der Waals surface area contributed by atoms with E-state index in [4.69, 9.17) is 9.84 Å². The van der Waals surface area contributed by atoms with E-state index in [1.807, 2.05) is 30.3 Å². The summed E-state index contributed by atoms with van der Waals surface area (Å²) in [7, 11) is 1.49. The Bertz CT molecular complexity index is 474. The molecule has 0 aromatic heterocycles. The van der Waals surface area contributed by atoms with E-state index in [0.29, 0.717) is 19.4 Å². The third-order valence-corrected chi connectivity index (χ3v) is 3.64. The molecule has 1 heterocycles. The number of rotatable bonds is 4. The first-order chi connectivity index (χ1) is 9.63. The van der Waals surface area contributed by atoms with Crippen LogP contribution in [0.3, 0.4) is 0 Å². The summed E-state index contributed by atoms with van der Waals surface area (Å²) >= 11 is 0. The summed E-state index contributed by atoms with van der Waals surface area (Å²) in [6.07, 6.45) is 0.680. The number of hydrogen-bond donors (Lipinski definition) is 1. The lowest BCUT2D eigenvalue weighted by molar-refractivity contribution is -0.149. The fourth-order valence-electron chi connectivity index (χ4n) is 2.55. The summed E-state index contributed by atoms with van der Waals surface area (Å²) in [5.74, 6) is -1.47. The maximum Gasteiger partial charge on any atom is 0.308 e. The number of aliphatic carboxylic acids is 1. The lowest BCUT2D eigenvalue weighted by Gasteiger charge is -2.33. The largest absolute Gasteiger partial charge is 0.481 e. The Morgan fingerprint density at radius 1 is 1.35 bits per heavy atom. The van der Waals surface area contributed by atoms with E-state index in [-0.39, 0.29) is 12.5 Å². The molecule has 108 valence electrons. The molecule has 20 heavy (non-hydrogen) atoms. The van der Waals surface area contributed by atoms with Crippen LogP contribution in [0.1, 0.15) is 24.5 Å². The molecule has 1 fully saturated rings. The molecule has 1 aliphatic rings. The van der Waals surface area contributed by atoms with Gasteiger partial charge in [-0.3, -0.25) is 9.59 Å². The van der Waals surface area contributed by atoms with Crippen molar-refractivity contribution in [3.05, 3.63) is 35.9 Å². The topological polar surface area (TPSA) is 66.8 Å². The molecule has 1 aromatic rings. The number of carboxylic acid groups (broad SMARTS) is 1. The van der Waals surface area contributed by atoms with E-state index in [0.717, 1.165) is 5.56 Å². The van der Waals surface area contributed by atoms with Gasteiger partial charge >= 0.3 is 5.97 Å². The number of likely N-dealkylation sites (tertiary alicyclic amines) is 1. The number of nitrogens with zero attached hydrogens (tertiary/aromatic N) is 1. The van der Waals surface area contributed by atoms with Gasteiger partial charge in [-0.25, -0.2) is 0 Å². The summed E-state index contributed by atoms with van der Waals surface area (Å²) in [4.78, 5) is 25.2. The molecular formula is C15H19NO4. The smallest absolute Gasteiger partial charge is 0.308 e. The van der Waals surface area contributed by atoms with Gasteiger partial charge in [0.1, 0.15) is 0 Å². The summed E-state index contributed by atoms with van der Waals surface area (Å²) in [6, 6.07) is 9.26. The molecule has 2 unspecified atom stereocenters. The highest BCUT2D eigenvalue weighted by atomic mass is 16.5. The third kappa shape index (κ3) is 3.17. The zero-order valence-corrected chi connectivity index (χ0v) is 11.5. The molecule has 0 bridgehead atoms. The minimum Gasteiger partial charge on any atom is -0.481 e. The molecule has 0 spiro atoms. The van der Waals surface area contributed by atoms with Crippen molar-refractivity contribution < 1.29 is 19.4 Å². The van der Waals surface area contributed by atoms with Crippen molar-refractivity contribution in [2.45, 2.75) is 18.9 Å². The maximum atomic E-state index is 12.5. The number of methoxy groups -OCH3 is 1. The van der Waals surface area contributed by atoms with Gasteiger partial charge in [0, 0.05) is 20.2 Å². The molecule has 1 aromatic carbocycles. The van der Waals surface area contributed by atoms with Gasteiger partial charge in [0.2, 0.25) is 0 Å². The van der Waals surface area contributed by atoms with Crippen molar-refractivity contribution in [3.63, 3.8) is 0 Å². The molecule has 2 rings (SSSR count). The average molecular weight is 277 g/mol. The minimum absolute atomic E-state index is 0.162. The molecule has 1 N–H and O–H groups in total. The highest BCUT2D eigenvalue weighted by Gasteiger charge is 2.32. The van der Waals surface area contributed by atoms with Gasteiger partial charge in [-0.15, -0.1) is 0 Å². The van der Waals surface area contributed by atoms with E-state index in [2.05, 4.69) is 0 Å². The van der Waals surface area contributed by atoms with Crippen LogP contribution in [0, 0.1) is 5.92 Å². The van der Waals surface area contributed by atoms with Gasteiger partial charge in [0.05, 0.1) is 5.92 Å². The second kappa shape index (κ2) is 6.52. The summed E-state index contributed by atoms with van der Waals surface area (Å²) in [5, 5.41) is 9.08. The van der Waals surface area contributed by atoms with Crippen LogP contribution in [-0.2, 0) is 14.3 Å². The second-order valence-electron chi connectivity index (χ2n) is 4.99. The van der Waals surface area contributed by atoms with Gasteiger partial charge < -0.3 is 14.7 Å². The predicted molar refractivity (Wildman–Crippen MR) is 73.1 cm³/mol. The molecule has 1 saturated heterocycles. The van der Waals surface area contributed by atoms with Crippen molar-refractivity contribution in [2.24, 2.45) is 5.92 Å². The van der Waals surface area contributed by atoms with Gasteiger partial charge in [-0.1, -0.05) is 30.3 Å². The Morgan fingerprint density at radius 3 is 2.65 bits per heavy atom. The number of amides is 1. The second-order valence-corrected chi connectivity index (χ2v) is 4.99. The van der Waals surface area contributed by atoms with Crippen molar-refractivity contribution in [1.82, 2.24) is 4.90 Å². The highest BCUT2D eigenvalue weighted by Crippen LogP contribution is 2.23. The van der Waals surface area contributed by atoms with Crippen LogP contribution in [0.15, 0.2) is 30.3 Å². The highest BCUT2D eigenvalue weighted by molar-refractivity contribution is 5.83. The van der Waals surface area contributed by atoms with E-state index >= 15 is 0 Å². The summed E-state index contributed by atoms with van der Waals surface area (Å²) in [6.45, 7) is 0.857. The first-order valence-electron chi connectivity index (χ1n) is 6.73. The number of carboxylic acids is 1. The van der Waals surface area contributed by atoms with Crippen LogP contribution < -0.4 is 0 Å². The zero-order chi connectivity index (χ0) is 14.5. The first kappa shape index (κ1) is 14.5. The standard InChI is InChI=1S/C15H19NO4/c1-20-13(11-6-3-2-4-7-11)14(17)16-9-5-8-12(10-16)15(18)19/h2-4,6-7,12-13H,5,8-10H2,1H3,(H,18,19). The van der Waals surface area contributed by atoms with Crippen LogP contribution in [-0.4, -0.2) is 42.1 Å². The Kier molecular flexibility index (Phi) is 4.74. The maximum absolute atomic E-state index is 12.5. The minimum atomic E-state index is -0.837. The number of ether oxygens (including phenoxy) is 1. The Labute approximate surface area is 118 Å². The number of benzene rings is 1. The van der Waals surface area contributed by atoms with E-state index in [1.165, 1.54) is 7.11 Å². The van der Waals surface area contributed by atoms with Gasteiger partial charge in [0.25, 0.3) is 5.91 Å². The molecule has 0 radical (unpaired) electrons. The normalized spacial score (nSPS) is 20.4. The van der Waals surface area contributed by atoms with Crippen molar-refractivity contribution in [3.8, 4) is 0 Å². The van der Waals surface area contributed by atoms with Crippen molar-refractivity contribution in [2.75, 3.05) is 20.2 Å². The number of hydrogen-bond acceptors (Lipinski definition) is 3. The third-order valence-electron chi connectivity index (χ3n) is 3.64. The lowest BCUT2D eigenvalue weighted by Crippen LogP contribution is -2.44. The average Bonchev–Trinajstić information content (AvgIpc) is 2.49. The number of carbonyl (C=O) groups is 2. The van der Waals surface area contributed by atoms with Crippen LogP contribution in [0.25, 0.3) is 0 Å². The lowest BCUT2D eigenvalue weighted by atomic mass is 9.97. The van der Waals surface area contributed by atoms with Crippen LogP contribution in [0.4, 0.5) is 0 Å². The van der Waals surface area contributed by atoms with Crippen molar-refractivity contribution >= 4 is 11.9 Å². The molecule has 0 aliphatic carbocycles. The molecule has 5 heteroatoms. The van der Waals surface area contributed by atoms with Gasteiger partial charge in [0.15, 0.2) is 6.10 Å². The van der Waals surface area contributed by atoms with Gasteiger partial charge in [-0.2, -0.15) is 0 Å². The van der Waals surface area contributed by atoms with Gasteiger partial charge in [-0.05, 0) is 18.4 Å². The quantitative estimate of drug-likeness (QED) is 0.909. The number of piperidine rings is 1. The Morgan fingerprint density at radius 2 is 2.05 bits per heavy atom. The Hall–Kier alpha value is -1.88. The van der Waals surface area contributed by atoms with Crippen LogP contribution >= 0.6 is 0 Å². The van der Waals surface area contributed by atoms with E-state index in [1.54, 1.807) is 4.90 Å². The fraction of sp³-hybridized carbons (Fsp3) is 0.467. The van der Waals surface area contributed by atoms with E-state index in [9.17, 15) is 9.59 Å². The Balaban J connectivity index is 2.11. The molecule has 1 aliphatic heterocycles. The monoisotopic (exact) mass is 277 g/mol. The van der Waals surface area contributed by atoms with Crippen LogP contribution in [0.5, 0.6) is 0 Å².